The van der Waals surface area contributed by atoms with Crippen molar-refractivity contribution >= 4 is 23.6 Å². The number of amides is 1. The molecule has 1 amide bonds. The second-order valence-corrected chi connectivity index (χ2v) is 5.02. The molecule has 0 saturated carbocycles. The summed E-state index contributed by atoms with van der Waals surface area (Å²) in [6.45, 7) is 2.37. The predicted octanol–water partition coefficient (Wildman–Crippen LogP) is 0.214. The molecule has 98 valence electrons. The molecule has 0 aromatic carbocycles. The molecule has 2 N–H and O–H groups in total. The van der Waals surface area contributed by atoms with Crippen LogP contribution in [0.25, 0.3) is 0 Å². The minimum absolute atomic E-state index is 0.0444. The van der Waals surface area contributed by atoms with E-state index in [2.05, 4.69) is 15.5 Å². The molecule has 2 rings (SSSR count). The summed E-state index contributed by atoms with van der Waals surface area (Å²) in [5.74, 6) is -0.137. The van der Waals surface area contributed by atoms with Gasteiger partial charge in [-0.2, -0.15) is 0 Å². The Balaban J connectivity index is 2.13. The summed E-state index contributed by atoms with van der Waals surface area (Å²) in [6, 6.07) is 0.106. The number of aromatic nitrogens is 3. The number of nitrogens with one attached hydrogen (secondary N) is 1. The Morgan fingerprint density at radius 2 is 2.39 bits per heavy atom. The Morgan fingerprint density at radius 3 is 3.00 bits per heavy atom. The molecule has 7 nitrogen and oxygen atoms in total. The van der Waals surface area contributed by atoms with Gasteiger partial charge in [0.05, 0.1) is 11.8 Å². The molecule has 0 radical (unpaired) electrons. The summed E-state index contributed by atoms with van der Waals surface area (Å²) in [4.78, 5) is 21.7. The molecule has 1 aliphatic heterocycles. The number of carboxylic acids is 1. The maximum Gasteiger partial charge on any atom is 0.313 e. The zero-order valence-electron chi connectivity index (χ0n) is 9.92. The number of thioether (sulfide) groups is 1. The van der Waals surface area contributed by atoms with Crippen molar-refractivity contribution in [2.45, 2.75) is 31.0 Å². The largest absolute Gasteiger partial charge is 0.481 e. The van der Waals surface area contributed by atoms with E-state index in [1.807, 2.05) is 11.5 Å². The van der Waals surface area contributed by atoms with Crippen LogP contribution in [0, 0.1) is 6.92 Å². The molecule has 1 fully saturated rings. The first kappa shape index (κ1) is 12.9. The average molecular weight is 270 g/mol. The lowest BCUT2D eigenvalue weighted by atomic mass is 10.1. The fraction of sp³-hybridized carbons (Fsp3) is 0.600. The van der Waals surface area contributed by atoms with Crippen molar-refractivity contribution in [1.29, 1.82) is 0 Å². The van der Waals surface area contributed by atoms with Crippen molar-refractivity contribution in [2.75, 3.05) is 12.3 Å². The van der Waals surface area contributed by atoms with Gasteiger partial charge in [-0.25, -0.2) is 0 Å². The van der Waals surface area contributed by atoms with Gasteiger partial charge in [0.25, 0.3) is 0 Å². The van der Waals surface area contributed by atoms with Gasteiger partial charge < -0.3 is 15.0 Å². The van der Waals surface area contributed by atoms with E-state index in [0.29, 0.717) is 18.1 Å². The zero-order chi connectivity index (χ0) is 13.1. The lowest BCUT2D eigenvalue weighted by Gasteiger charge is -2.25. The highest BCUT2D eigenvalue weighted by atomic mass is 32.2. The number of aliphatic carboxylic acids is 1. The van der Waals surface area contributed by atoms with Gasteiger partial charge in [-0.1, -0.05) is 11.8 Å². The molecule has 0 spiro atoms. The summed E-state index contributed by atoms with van der Waals surface area (Å²) in [6.07, 6.45) is 1.21. The normalized spacial score (nSPS) is 19.6. The van der Waals surface area contributed by atoms with E-state index in [-0.39, 0.29) is 17.7 Å². The Labute approximate surface area is 108 Å². The third-order valence-electron chi connectivity index (χ3n) is 2.76. The van der Waals surface area contributed by atoms with Crippen LogP contribution in [0.4, 0.5) is 0 Å². The number of carbonyl (C=O) groups excluding carboxylic acids is 1. The van der Waals surface area contributed by atoms with Gasteiger partial charge in [-0.15, -0.1) is 10.2 Å². The molecule has 1 aromatic rings. The summed E-state index contributed by atoms with van der Waals surface area (Å²) < 4.78 is 1.91. The van der Waals surface area contributed by atoms with Gasteiger partial charge in [0.2, 0.25) is 5.91 Å². The topological polar surface area (TPSA) is 97.1 Å². The van der Waals surface area contributed by atoms with Crippen molar-refractivity contribution in [2.24, 2.45) is 0 Å². The minimum atomic E-state index is -0.885. The predicted molar refractivity (Wildman–Crippen MR) is 64.4 cm³/mol. The van der Waals surface area contributed by atoms with Crippen molar-refractivity contribution in [3.8, 4) is 0 Å². The van der Waals surface area contributed by atoms with Gasteiger partial charge in [0, 0.05) is 13.0 Å². The van der Waals surface area contributed by atoms with Crippen LogP contribution in [-0.2, 0) is 9.59 Å². The van der Waals surface area contributed by atoms with E-state index in [9.17, 15) is 9.59 Å². The first-order chi connectivity index (χ1) is 8.58. The second kappa shape index (κ2) is 5.38. The quantitative estimate of drug-likeness (QED) is 0.759. The highest BCUT2D eigenvalue weighted by Crippen LogP contribution is 2.25. The number of carbonyl (C=O) groups is 2. The molecule has 8 heteroatoms. The van der Waals surface area contributed by atoms with Crippen molar-refractivity contribution < 1.29 is 14.7 Å². The first-order valence-electron chi connectivity index (χ1n) is 5.60. The first-order valence-corrected chi connectivity index (χ1v) is 6.59. The molecular formula is C10H14N4O3S. The van der Waals surface area contributed by atoms with E-state index < -0.39 is 5.97 Å². The van der Waals surface area contributed by atoms with Crippen LogP contribution in [0.5, 0.6) is 0 Å². The van der Waals surface area contributed by atoms with Gasteiger partial charge in [0.1, 0.15) is 5.82 Å². The summed E-state index contributed by atoms with van der Waals surface area (Å²) in [5.41, 5.74) is 0. The van der Waals surface area contributed by atoms with Crippen LogP contribution in [0.15, 0.2) is 5.16 Å². The maximum atomic E-state index is 11.1. The molecular weight excluding hydrogens is 256 g/mol. The third kappa shape index (κ3) is 2.81. The van der Waals surface area contributed by atoms with Crippen LogP contribution in [0.2, 0.25) is 0 Å². The van der Waals surface area contributed by atoms with E-state index >= 15 is 0 Å². The second-order valence-electron chi connectivity index (χ2n) is 4.08. The van der Waals surface area contributed by atoms with Crippen molar-refractivity contribution in [3.63, 3.8) is 0 Å². The number of piperidine rings is 1. The Kier molecular flexibility index (Phi) is 3.85. The van der Waals surface area contributed by atoms with Crippen LogP contribution in [-0.4, -0.2) is 44.0 Å². The van der Waals surface area contributed by atoms with E-state index in [0.717, 1.165) is 24.0 Å². The molecule has 2 heterocycles. The third-order valence-corrected chi connectivity index (χ3v) is 3.69. The Morgan fingerprint density at radius 1 is 1.61 bits per heavy atom. The molecule has 0 aliphatic carbocycles. The lowest BCUT2D eigenvalue weighted by Crippen LogP contribution is -2.36. The smallest absolute Gasteiger partial charge is 0.313 e. The van der Waals surface area contributed by atoms with Crippen LogP contribution < -0.4 is 5.32 Å². The molecule has 1 unspecified atom stereocenters. The summed E-state index contributed by atoms with van der Waals surface area (Å²) >= 11 is 1.15. The summed E-state index contributed by atoms with van der Waals surface area (Å²) in [7, 11) is 0. The summed E-state index contributed by atoms with van der Waals surface area (Å²) in [5, 5.41) is 20.0. The standard InChI is InChI=1S/C10H14N4O3S/c1-6-12-13-10(18-5-9(16)17)14(6)7-2-3-8(15)11-4-7/h7H,2-5H2,1H3,(H,11,15)(H,16,17). The molecule has 1 aliphatic rings. The molecule has 1 aromatic heterocycles. The van der Waals surface area contributed by atoms with Crippen molar-refractivity contribution in [3.05, 3.63) is 5.82 Å². The number of hydrogen-bond donors (Lipinski definition) is 2. The molecule has 18 heavy (non-hydrogen) atoms. The molecule has 1 saturated heterocycles. The number of aryl methyl sites for hydroxylation is 1. The SMILES string of the molecule is Cc1nnc(SCC(=O)O)n1C1CCC(=O)NC1. The van der Waals surface area contributed by atoms with Crippen molar-refractivity contribution in [1.82, 2.24) is 20.1 Å². The monoisotopic (exact) mass is 270 g/mol. The fourth-order valence-electron chi connectivity index (χ4n) is 1.94. The van der Waals surface area contributed by atoms with Crippen LogP contribution in [0.3, 0.4) is 0 Å². The lowest BCUT2D eigenvalue weighted by molar-refractivity contribution is -0.134. The Bertz CT molecular complexity index is 464. The zero-order valence-corrected chi connectivity index (χ0v) is 10.7. The van der Waals surface area contributed by atoms with Gasteiger partial charge in [-0.3, -0.25) is 9.59 Å². The van der Waals surface area contributed by atoms with Crippen LogP contribution in [0.1, 0.15) is 24.7 Å². The highest BCUT2D eigenvalue weighted by molar-refractivity contribution is 7.99. The number of hydrogen-bond acceptors (Lipinski definition) is 5. The van der Waals surface area contributed by atoms with E-state index in [4.69, 9.17) is 5.11 Å². The van der Waals surface area contributed by atoms with Gasteiger partial charge in [0.15, 0.2) is 5.16 Å². The fourth-order valence-corrected chi connectivity index (χ4v) is 2.71. The number of rotatable bonds is 4. The van der Waals surface area contributed by atoms with E-state index in [1.165, 1.54) is 0 Å². The van der Waals surface area contributed by atoms with Gasteiger partial charge >= 0.3 is 5.97 Å². The molecule has 0 bridgehead atoms. The van der Waals surface area contributed by atoms with Crippen LogP contribution >= 0.6 is 11.8 Å². The Hall–Kier alpha value is -1.57. The maximum absolute atomic E-state index is 11.1. The number of carboxylic acid groups (broad SMARTS) is 1. The number of nitrogens with zero attached hydrogens (tertiary/aromatic N) is 3. The van der Waals surface area contributed by atoms with Gasteiger partial charge in [-0.05, 0) is 13.3 Å². The highest BCUT2D eigenvalue weighted by Gasteiger charge is 2.24. The molecule has 1 atom stereocenters. The average Bonchev–Trinajstić information content (AvgIpc) is 2.69. The van der Waals surface area contributed by atoms with E-state index in [1.54, 1.807) is 0 Å². The minimum Gasteiger partial charge on any atom is -0.481 e.